The number of thiazole rings is 1. The van der Waals surface area contributed by atoms with Gasteiger partial charge in [-0.15, -0.1) is 11.3 Å². The van der Waals surface area contributed by atoms with Crippen molar-refractivity contribution in [2.75, 3.05) is 5.32 Å². The molecule has 0 aliphatic carbocycles. The highest BCUT2D eigenvalue weighted by atomic mass is 32.1. The third-order valence-corrected chi connectivity index (χ3v) is 3.31. The van der Waals surface area contributed by atoms with Gasteiger partial charge < -0.3 is 9.72 Å². The number of fused-ring (bicyclic) bond motifs is 1. The fraction of sp³-hybridized carbons (Fsp3) is 0.167. The summed E-state index contributed by atoms with van der Waals surface area (Å²) in [5.41, 5.74) is 3.23. The first-order chi connectivity index (χ1) is 8.33. The molecule has 0 unspecified atom stereocenters. The fourth-order valence-electron chi connectivity index (χ4n) is 1.77. The molecule has 4 nitrogen and oxygen atoms in total. The summed E-state index contributed by atoms with van der Waals surface area (Å²) in [5.74, 6) is 0. The number of pyridine rings is 1. The van der Waals surface area contributed by atoms with Crippen LogP contribution in [0.3, 0.4) is 0 Å². The Morgan fingerprint density at radius 3 is 3.18 bits per heavy atom. The Hall–Kier alpha value is -1.88. The van der Waals surface area contributed by atoms with Crippen molar-refractivity contribution in [3.8, 4) is 0 Å². The Bertz CT molecular complexity index is 627. The molecule has 3 rings (SSSR count). The predicted molar refractivity (Wildman–Crippen MR) is 69.4 cm³/mol. The topological polar surface area (TPSA) is 42.2 Å². The van der Waals surface area contributed by atoms with Crippen molar-refractivity contribution in [3.63, 3.8) is 0 Å². The number of nitrogens with zero attached hydrogens (tertiary/aromatic N) is 3. The third kappa shape index (κ3) is 2.01. The first-order valence-corrected chi connectivity index (χ1v) is 6.27. The van der Waals surface area contributed by atoms with Crippen molar-refractivity contribution in [2.24, 2.45) is 0 Å². The molecule has 3 heterocycles. The van der Waals surface area contributed by atoms with Gasteiger partial charge in [-0.2, -0.15) is 0 Å². The molecule has 0 aliphatic heterocycles. The second kappa shape index (κ2) is 4.18. The lowest BCUT2D eigenvalue weighted by Crippen LogP contribution is -1.98. The Balaban J connectivity index is 1.84. The van der Waals surface area contributed by atoms with E-state index in [1.165, 1.54) is 5.56 Å². The molecule has 0 bridgehead atoms. The number of hydrogen-bond donors (Lipinski definition) is 1. The van der Waals surface area contributed by atoms with Crippen molar-refractivity contribution in [3.05, 3.63) is 47.4 Å². The van der Waals surface area contributed by atoms with E-state index in [4.69, 9.17) is 0 Å². The number of imidazole rings is 1. The van der Waals surface area contributed by atoms with E-state index < -0.39 is 0 Å². The van der Waals surface area contributed by atoms with Crippen LogP contribution in [-0.4, -0.2) is 14.4 Å². The summed E-state index contributed by atoms with van der Waals surface area (Å²) in [5, 5.41) is 6.14. The maximum atomic E-state index is 4.59. The lowest BCUT2D eigenvalue weighted by Gasteiger charge is -1.97. The molecular formula is C12H12N4S. The Kier molecular flexibility index (Phi) is 2.53. The summed E-state index contributed by atoms with van der Waals surface area (Å²) in [6.07, 6.45) is 5.85. The van der Waals surface area contributed by atoms with Gasteiger partial charge in [0.15, 0.2) is 5.13 Å². The van der Waals surface area contributed by atoms with Crippen LogP contribution in [0, 0.1) is 6.92 Å². The molecule has 0 aliphatic rings. The van der Waals surface area contributed by atoms with E-state index >= 15 is 0 Å². The Labute approximate surface area is 103 Å². The summed E-state index contributed by atoms with van der Waals surface area (Å²) in [6, 6.07) is 4.10. The van der Waals surface area contributed by atoms with Crippen molar-refractivity contribution >= 4 is 22.1 Å². The molecule has 0 atom stereocenters. The van der Waals surface area contributed by atoms with Gasteiger partial charge in [-0.25, -0.2) is 9.97 Å². The zero-order valence-corrected chi connectivity index (χ0v) is 10.2. The van der Waals surface area contributed by atoms with Crippen LogP contribution >= 0.6 is 11.3 Å². The van der Waals surface area contributed by atoms with Gasteiger partial charge in [-0.3, -0.25) is 0 Å². The summed E-state index contributed by atoms with van der Waals surface area (Å²) in [7, 11) is 0. The summed E-state index contributed by atoms with van der Waals surface area (Å²) >= 11 is 1.60. The van der Waals surface area contributed by atoms with E-state index in [0.29, 0.717) is 6.54 Å². The highest BCUT2D eigenvalue weighted by Crippen LogP contribution is 2.13. The number of anilines is 1. The number of nitrogens with one attached hydrogen (secondary N) is 1. The minimum atomic E-state index is 0.703. The number of hydrogen-bond acceptors (Lipinski definition) is 4. The van der Waals surface area contributed by atoms with Crippen molar-refractivity contribution in [1.29, 1.82) is 0 Å². The molecule has 0 aromatic carbocycles. The zero-order valence-electron chi connectivity index (χ0n) is 9.42. The molecule has 0 saturated carbocycles. The first-order valence-electron chi connectivity index (χ1n) is 5.39. The van der Waals surface area contributed by atoms with Crippen LogP contribution in [0.15, 0.2) is 36.1 Å². The SMILES string of the molecule is Cc1cccn2cc(CNc3nccs3)nc12. The molecule has 5 heteroatoms. The van der Waals surface area contributed by atoms with Crippen molar-refractivity contribution in [2.45, 2.75) is 13.5 Å². The van der Waals surface area contributed by atoms with Gasteiger partial charge in [0.1, 0.15) is 5.65 Å². The molecule has 0 amide bonds. The monoisotopic (exact) mass is 244 g/mol. The minimum Gasteiger partial charge on any atom is -0.356 e. The molecule has 3 aromatic rings. The fourth-order valence-corrected chi connectivity index (χ4v) is 2.29. The molecule has 86 valence electrons. The molecule has 0 spiro atoms. The van der Waals surface area contributed by atoms with Gasteiger partial charge >= 0.3 is 0 Å². The first kappa shape index (κ1) is 10.3. The quantitative estimate of drug-likeness (QED) is 0.770. The number of aromatic nitrogens is 3. The van der Waals surface area contributed by atoms with Gasteiger partial charge in [0.2, 0.25) is 0 Å². The van der Waals surface area contributed by atoms with E-state index in [1.807, 2.05) is 28.2 Å². The van der Waals surface area contributed by atoms with Crippen LogP contribution in [0.4, 0.5) is 5.13 Å². The molecule has 17 heavy (non-hydrogen) atoms. The van der Waals surface area contributed by atoms with Crippen molar-refractivity contribution < 1.29 is 0 Å². The van der Waals surface area contributed by atoms with E-state index in [1.54, 1.807) is 17.5 Å². The van der Waals surface area contributed by atoms with Crippen LogP contribution in [0.5, 0.6) is 0 Å². The van der Waals surface area contributed by atoms with Crippen LogP contribution in [0.2, 0.25) is 0 Å². The average Bonchev–Trinajstić information content (AvgIpc) is 2.95. The van der Waals surface area contributed by atoms with Crippen LogP contribution in [0.25, 0.3) is 5.65 Å². The van der Waals surface area contributed by atoms with Crippen LogP contribution < -0.4 is 5.32 Å². The van der Waals surface area contributed by atoms with E-state index in [0.717, 1.165) is 16.5 Å². The minimum absolute atomic E-state index is 0.703. The average molecular weight is 244 g/mol. The summed E-state index contributed by atoms with van der Waals surface area (Å²) in [6.45, 7) is 2.77. The Morgan fingerprint density at radius 1 is 1.47 bits per heavy atom. The standard InChI is InChI=1S/C12H12N4S/c1-9-3-2-5-16-8-10(15-11(9)16)7-14-12-13-4-6-17-12/h2-6,8H,7H2,1H3,(H,13,14). The molecule has 0 fully saturated rings. The number of rotatable bonds is 3. The smallest absolute Gasteiger partial charge is 0.182 e. The van der Waals surface area contributed by atoms with Gasteiger partial charge in [-0.05, 0) is 18.6 Å². The Morgan fingerprint density at radius 2 is 2.41 bits per heavy atom. The maximum Gasteiger partial charge on any atom is 0.182 e. The second-order valence-electron chi connectivity index (χ2n) is 3.85. The molecule has 3 aromatic heterocycles. The largest absolute Gasteiger partial charge is 0.356 e. The zero-order chi connectivity index (χ0) is 11.7. The highest BCUT2D eigenvalue weighted by molar-refractivity contribution is 7.13. The second-order valence-corrected chi connectivity index (χ2v) is 4.74. The van der Waals surface area contributed by atoms with Gasteiger partial charge in [0, 0.05) is 24.0 Å². The van der Waals surface area contributed by atoms with Crippen LogP contribution in [-0.2, 0) is 6.54 Å². The lowest BCUT2D eigenvalue weighted by atomic mass is 10.3. The summed E-state index contributed by atoms with van der Waals surface area (Å²) in [4.78, 5) is 8.76. The third-order valence-electron chi connectivity index (χ3n) is 2.58. The van der Waals surface area contributed by atoms with E-state index in [2.05, 4.69) is 28.3 Å². The molecule has 0 saturated heterocycles. The van der Waals surface area contributed by atoms with Gasteiger partial charge in [0.05, 0.1) is 12.2 Å². The summed E-state index contributed by atoms with van der Waals surface area (Å²) < 4.78 is 2.05. The van der Waals surface area contributed by atoms with E-state index in [9.17, 15) is 0 Å². The number of aryl methyl sites for hydroxylation is 1. The van der Waals surface area contributed by atoms with Crippen LogP contribution in [0.1, 0.15) is 11.3 Å². The lowest BCUT2D eigenvalue weighted by molar-refractivity contribution is 1.07. The predicted octanol–water partition coefficient (Wildman–Crippen LogP) is 2.71. The molecular weight excluding hydrogens is 232 g/mol. The maximum absolute atomic E-state index is 4.59. The van der Waals surface area contributed by atoms with Crippen molar-refractivity contribution in [1.82, 2.24) is 14.4 Å². The normalized spacial score (nSPS) is 10.9. The molecule has 0 radical (unpaired) electrons. The highest BCUT2D eigenvalue weighted by Gasteiger charge is 2.03. The van der Waals surface area contributed by atoms with Gasteiger partial charge in [0.25, 0.3) is 0 Å². The van der Waals surface area contributed by atoms with Gasteiger partial charge in [-0.1, -0.05) is 6.07 Å². The molecule has 1 N–H and O–H groups in total. The van der Waals surface area contributed by atoms with E-state index in [-0.39, 0.29) is 0 Å².